The number of hydrogen-bond acceptors (Lipinski definition) is 3. The number of hydrogen-bond donors (Lipinski definition) is 1. The summed E-state index contributed by atoms with van der Waals surface area (Å²) in [5.74, 6) is -1.86. The van der Waals surface area contributed by atoms with Crippen molar-refractivity contribution in [2.24, 2.45) is 5.92 Å². The van der Waals surface area contributed by atoms with Gasteiger partial charge in [0.05, 0.1) is 11.6 Å². The number of anilines is 1. The number of carbonyl (C=O) groups excluding carboxylic acids is 1. The molecule has 1 atom stereocenters. The van der Waals surface area contributed by atoms with Gasteiger partial charge in [0.2, 0.25) is 5.91 Å². The number of carboxylic acids is 1. The Kier molecular flexibility index (Phi) is 2.78. The van der Waals surface area contributed by atoms with E-state index < -0.39 is 11.9 Å². The van der Waals surface area contributed by atoms with Crippen LogP contribution in [0.1, 0.15) is 6.42 Å². The van der Waals surface area contributed by atoms with Crippen LogP contribution in [0, 0.1) is 5.92 Å². The summed E-state index contributed by atoms with van der Waals surface area (Å²) in [6, 6.07) is 3.31. The van der Waals surface area contributed by atoms with Gasteiger partial charge in [-0.15, -0.1) is 0 Å². The van der Waals surface area contributed by atoms with Crippen molar-refractivity contribution in [3.8, 4) is 0 Å². The van der Waals surface area contributed by atoms with Crippen molar-refractivity contribution in [2.45, 2.75) is 6.42 Å². The third kappa shape index (κ3) is 1.86. The first-order valence-corrected chi connectivity index (χ1v) is 5.11. The van der Waals surface area contributed by atoms with E-state index in [-0.39, 0.29) is 24.0 Å². The molecule has 1 fully saturated rings. The molecule has 0 spiro atoms. The quantitative estimate of drug-likeness (QED) is 0.788. The van der Waals surface area contributed by atoms with E-state index in [0.29, 0.717) is 5.69 Å². The zero-order chi connectivity index (χ0) is 11.7. The van der Waals surface area contributed by atoms with Crippen molar-refractivity contribution in [2.75, 3.05) is 11.4 Å². The van der Waals surface area contributed by atoms with E-state index in [0.717, 1.165) is 0 Å². The molecule has 1 unspecified atom stereocenters. The average molecular weight is 241 g/mol. The van der Waals surface area contributed by atoms with Crippen molar-refractivity contribution in [1.29, 1.82) is 0 Å². The molecule has 1 saturated heterocycles. The molecule has 0 radical (unpaired) electrons. The van der Waals surface area contributed by atoms with Gasteiger partial charge < -0.3 is 10.0 Å². The first kappa shape index (κ1) is 10.9. The molecular formula is C10H9ClN2O3. The number of rotatable bonds is 2. The van der Waals surface area contributed by atoms with Crippen LogP contribution >= 0.6 is 11.6 Å². The molecule has 0 aliphatic carbocycles. The Morgan fingerprint density at radius 2 is 2.38 bits per heavy atom. The highest BCUT2D eigenvalue weighted by Crippen LogP contribution is 2.29. The van der Waals surface area contributed by atoms with Crippen LogP contribution in [0.2, 0.25) is 5.15 Å². The van der Waals surface area contributed by atoms with Crippen molar-refractivity contribution in [1.82, 2.24) is 4.98 Å². The fraction of sp³-hybridized carbons (Fsp3) is 0.300. The van der Waals surface area contributed by atoms with Gasteiger partial charge in [0.15, 0.2) is 5.15 Å². The van der Waals surface area contributed by atoms with Gasteiger partial charge in [-0.25, -0.2) is 4.98 Å². The lowest BCUT2D eigenvalue weighted by atomic mass is 10.1. The number of amides is 1. The lowest BCUT2D eigenvalue weighted by molar-refractivity contribution is -0.141. The molecule has 1 aromatic heterocycles. The second-order valence-corrected chi connectivity index (χ2v) is 3.91. The summed E-state index contributed by atoms with van der Waals surface area (Å²) in [7, 11) is 0. The van der Waals surface area contributed by atoms with E-state index in [2.05, 4.69) is 4.98 Å². The topological polar surface area (TPSA) is 70.5 Å². The number of carbonyl (C=O) groups is 2. The van der Waals surface area contributed by atoms with E-state index in [9.17, 15) is 9.59 Å². The molecule has 84 valence electrons. The number of halogens is 1. The van der Waals surface area contributed by atoms with Crippen molar-refractivity contribution >= 4 is 29.2 Å². The second-order valence-electron chi connectivity index (χ2n) is 3.56. The minimum Gasteiger partial charge on any atom is -0.481 e. The maximum Gasteiger partial charge on any atom is 0.308 e. The van der Waals surface area contributed by atoms with Crippen molar-refractivity contribution in [3.05, 3.63) is 23.5 Å². The van der Waals surface area contributed by atoms with Crippen LogP contribution < -0.4 is 4.90 Å². The van der Waals surface area contributed by atoms with Gasteiger partial charge in [-0.05, 0) is 12.1 Å². The maximum absolute atomic E-state index is 11.6. The van der Waals surface area contributed by atoms with Crippen molar-refractivity contribution < 1.29 is 14.7 Å². The monoisotopic (exact) mass is 240 g/mol. The summed E-state index contributed by atoms with van der Waals surface area (Å²) in [5.41, 5.74) is 0.470. The van der Waals surface area contributed by atoms with Crippen LogP contribution in [0.3, 0.4) is 0 Å². The van der Waals surface area contributed by atoms with E-state index in [4.69, 9.17) is 16.7 Å². The van der Waals surface area contributed by atoms with Gasteiger partial charge in [-0.1, -0.05) is 11.6 Å². The molecule has 2 heterocycles. The minimum atomic E-state index is -0.962. The molecule has 1 amide bonds. The Morgan fingerprint density at radius 3 is 2.94 bits per heavy atom. The first-order chi connectivity index (χ1) is 7.59. The summed E-state index contributed by atoms with van der Waals surface area (Å²) in [6.45, 7) is 0.152. The third-order valence-corrected chi connectivity index (χ3v) is 2.80. The zero-order valence-electron chi connectivity index (χ0n) is 8.26. The second kappa shape index (κ2) is 4.09. The Bertz CT molecular complexity index is 449. The standard InChI is InChI=1S/C10H9ClN2O3/c11-9-7(2-1-3-12-9)13-5-6(10(15)16)4-8(13)14/h1-3,6H,4-5H2,(H,15,16). The van der Waals surface area contributed by atoms with Gasteiger partial charge in [0.25, 0.3) is 0 Å². The van der Waals surface area contributed by atoms with E-state index in [1.165, 1.54) is 11.1 Å². The molecule has 1 N–H and O–H groups in total. The molecule has 0 aromatic carbocycles. The molecule has 6 heteroatoms. The van der Waals surface area contributed by atoms with Crippen LogP contribution in [0.4, 0.5) is 5.69 Å². The highest BCUT2D eigenvalue weighted by molar-refractivity contribution is 6.32. The molecule has 0 saturated carbocycles. The maximum atomic E-state index is 11.6. The number of pyridine rings is 1. The number of aromatic nitrogens is 1. The Hall–Kier alpha value is -1.62. The molecule has 0 bridgehead atoms. The highest BCUT2D eigenvalue weighted by Gasteiger charge is 2.35. The van der Waals surface area contributed by atoms with Gasteiger partial charge in [-0.3, -0.25) is 9.59 Å². The number of carboxylic acid groups (broad SMARTS) is 1. The number of aliphatic carboxylic acids is 1. The fourth-order valence-electron chi connectivity index (χ4n) is 1.68. The summed E-state index contributed by atoms with van der Waals surface area (Å²) in [6.07, 6.45) is 1.53. The Labute approximate surface area is 96.7 Å². The predicted octanol–water partition coefficient (Wildman–Crippen LogP) is 1.17. The van der Waals surface area contributed by atoms with Crippen LogP contribution in [0.5, 0.6) is 0 Å². The van der Waals surface area contributed by atoms with Gasteiger partial charge in [0.1, 0.15) is 0 Å². The summed E-state index contributed by atoms with van der Waals surface area (Å²) in [5, 5.41) is 9.05. The summed E-state index contributed by atoms with van der Waals surface area (Å²) < 4.78 is 0. The van der Waals surface area contributed by atoms with Crippen LogP contribution in [0.15, 0.2) is 18.3 Å². The lowest BCUT2D eigenvalue weighted by Crippen LogP contribution is -2.26. The summed E-state index contributed by atoms with van der Waals surface area (Å²) in [4.78, 5) is 27.6. The molecule has 5 nitrogen and oxygen atoms in total. The van der Waals surface area contributed by atoms with E-state index in [1.807, 2.05) is 0 Å². The molecule has 1 aliphatic heterocycles. The Balaban J connectivity index is 2.27. The third-order valence-electron chi connectivity index (χ3n) is 2.50. The molecular weight excluding hydrogens is 232 g/mol. The largest absolute Gasteiger partial charge is 0.481 e. The molecule has 1 aliphatic rings. The van der Waals surface area contributed by atoms with Gasteiger partial charge >= 0.3 is 5.97 Å². The normalized spacial score (nSPS) is 20.2. The fourth-order valence-corrected chi connectivity index (χ4v) is 1.91. The zero-order valence-corrected chi connectivity index (χ0v) is 9.02. The SMILES string of the molecule is O=C(O)C1CC(=O)N(c2cccnc2Cl)C1. The average Bonchev–Trinajstić information content (AvgIpc) is 2.61. The van der Waals surface area contributed by atoms with E-state index >= 15 is 0 Å². The van der Waals surface area contributed by atoms with E-state index in [1.54, 1.807) is 12.1 Å². The number of nitrogens with zero attached hydrogens (tertiary/aromatic N) is 2. The van der Waals surface area contributed by atoms with Gasteiger partial charge in [0, 0.05) is 19.2 Å². The van der Waals surface area contributed by atoms with Crippen molar-refractivity contribution in [3.63, 3.8) is 0 Å². The smallest absolute Gasteiger partial charge is 0.308 e. The Morgan fingerprint density at radius 1 is 1.62 bits per heavy atom. The van der Waals surface area contributed by atoms with Crippen LogP contribution in [0.25, 0.3) is 0 Å². The lowest BCUT2D eigenvalue weighted by Gasteiger charge is -2.16. The molecule has 16 heavy (non-hydrogen) atoms. The predicted molar refractivity (Wildman–Crippen MR) is 57.3 cm³/mol. The van der Waals surface area contributed by atoms with Crippen LogP contribution in [-0.4, -0.2) is 28.5 Å². The first-order valence-electron chi connectivity index (χ1n) is 4.73. The summed E-state index contributed by atoms with van der Waals surface area (Å²) >= 11 is 5.84. The minimum absolute atomic E-state index is 0.0144. The van der Waals surface area contributed by atoms with Gasteiger partial charge in [-0.2, -0.15) is 0 Å². The molecule has 1 aromatic rings. The molecule has 2 rings (SSSR count). The highest BCUT2D eigenvalue weighted by atomic mass is 35.5. The van der Waals surface area contributed by atoms with Crippen LogP contribution in [-0.2, 0) is 9.59 Å².